The fourth-order valence-corrected chi connectivity index (χ4v) is 4.05. The fraction of sp³-hybridized carbons (Fsp3) is 0.222. The highest BCUT2D eigenvalue weighted by Crippen LogP contribution is 2.26. The summed E-state index contributed by atoms with van der Waals surface area (Å²) in [7, 11) is -2.21. The molecule has 0 unspecified atom stereocenters. The molecule has 142 valence electrons. The number of halogens is 1. The minimum Gasteiger partial charge on any atom is -0.496 e. The van der Waals surface area contributed by atoms with Crippen molar-refractivity contribution in [3.8, 4) is 17.1 Å². The van der Waals surface area contributed by atoms with Gasteiger partial charge in [0.25, 0.3) is 0 Å². The van der Waals surface area contributed by atoms with Crippen molar-refractivity contribution in [2.45, 2.75) is 25.3 Å². The number of benzene rings is 2. The van der Waals surface area contributed by atoms with Gasteiger partial charge < -0.3 is 9.26 Å². The van der Waals surface area contributed by atoms with E-state index in [0.717, 1.165) is 5.56 Å². The van der Waals surface area contributed by atoms with Crippen LogP contribution in [0.25, 0.3) is 11.4 Å². The summed E-state index contributed by atoms with van der Waals surface area (Å²) in [5.74, 6) is 1.12. The number of hydrogen-bond donors (Lipinski definition) is 1. The van der Waals surface area contributed by atoms with Gasteiger partial charge in [-0.05, 0) is 49.2 Å². The summed E-state index contributed by atoms with van der Waals surface area (Å²) in [5.41, 5.74) is 1.99. The molecule has 9 heteroatoms. The molecule has 27 heavy (non-hydrogen) atoms. The quantitative estimate of drug-likeness (QED) is 0.672. The summed E-state index contributed by atoms with van der Waals surface area (Å²) in [6.07, 6.45) is 0. The van der Waals surface area contributed by atoms with Crippen LogP contribution in [0.2, 0.25) is 5.02 Å². The normalized spacial score (nSPS) is 11.6. The Bertz CT molecular complexity index is 1080. The number of ether oxygens (including phenoxy) is 1. The highest BCUT2D eigenvalue weighted by atomic mass is 35.5. The molecular formula is C18H18ClN3O4S. The number of nitrogens with zero attached hydrogens (tertiary/aromatic N) is 2. The van der Waals surface area contributed by atoms with Crippen LogP contribution in [0.15, 0.2) is 45.8 Å². The van der Waals surface area contributed by atoms with Crippen molar-refractivity contribution >= 4 is 21.6 Å². The predicted octanol–water partition coefficient (Wildman–Crippen LogP) is 3.49. The van der Waals surface area contributed by atoms with Crippen molar-refractivity contribution in [3.05, 3.63) is 58.4 Å². The first-order valence-corrected chi connectivity index (χ1v) is 9.89. The molecule has 0 aliphatic rings. The zero-order valence-electron chi connectivity index (χ0n) is 15.0. The molecule has 3 aromatic rings. The molecule has 1 aromatic heterocycles. The summed E-state index contributed by atoms with van der Waals surface area (Å²) >= 11 is 5.95. The van der Waals surface area contributed by atoms with E-state index in [1.54, 1.807) is 57.4 Å². The second-order valence-electron chi connectivity index (χ2n) is 5.93. The maximum absolute atomic E-state index is 12.6. The topological polar surface area (TPSA) is 94.3 Å². The third-order valence-corrected chi connectivity index (χ3v) is 5.72. The molecule has 0 radical (unpaired) electrons. The first kappa shape index (κ1) is 19.3. The van der Waals surface area contributed by atoms with E-state index in [1.807, 2.05) is 0 Å². The molecule has 1 N–H and O–H groups in total. The summed E-state index contributed by atoms with van der Waals surface area (Å²) in [5, 5.41) is 4.41. The van der Waals surface area contributed by atoms with Crippen LogP contribution in [0.1, 0.15) is 17.0 Å². The number of hydrogen-bond acceptors (Lipinski definition) is 6. The minimum absolute atomic E-state index is 0.125. The number of methoxy groups -OCH3 is 1. The molecule has 0 aliphatic heterocycles. The maximum Gasteiger partial charge on any atom is 0.242 e. The zero-order valence-corrected chi connectivity index (χ0v) is 16.6. The van der Waals surface area contributed by atoms with Gasteiger partial charge in [-0.2, -0.15) is 4.98 Å². The van der Waals surface area contributed by atoms with Crippen LogP contribution in [-0.4, -0.2) is 25.7 Å². The largest absolute Gasteiger partial charge is 0.496 e. The summed E-state index contributed by atoms with van der Waals surface area (Å²) < 4.78 is 38.1. The molecule has 0 saturated carbocycles. The number of sulfonamides is 1. The highest BCUT2D eigenvalue weighted by Gasteiger charge is 2.20. The number of aryl methyl sites for hydroxylation is 2. The van der Waals surface area contributed by atoms with Gasteiger partial charge in [-0.15, -0.1) is 0 Å². The SMILES string of the molecule is COc1cc(C)c(S(=O)(=O)NCc2nc(-c3cccc(Cl)c3)no2)cc1C. The van der Waals surface area contributed by atoms with E-state index in [-0.39, 0.29) is 17.3 Å². The Morgan fingerprint density at radius 1 is 1.19 bits per heavy atom. The van der Waals surface area contributed by atoms with Gasteiger partial charge in [0.05, 0.1) is 18.6 Å². The molecule has 0 atom stereocenters. The van der Waals surface area contributed by atoms with Crippen molar-refractivity contribution in [1.82, 2.24) is 14.9 Å². The first-order chi connectivity index (χ1) is 12.8. The van der Waals surface area contributed by atoms with Crippen molar-refractivity contribution in [1.29, 1.82) is 0 Å². The Kier molecular flexibility index (Phi) is 5.50. The lowest BCUT2D eigenvalue weighted by molar-refractivity contribution is 0.376. The maximum atomic E-state index is 12.6. The lowest BCUT2D eigenvalue weighted by Gasteiger charge is -2.12. The average Bonchev–Trinajstić information content (AvgIpc) is 3.11. The third kappa shape index (κ3) is 4.29. The second kappa shape index (κ2) is 7.67. The van der Waals surface area contributed by atoms with Gasteiger partial charge in [0, 0.05) is 10.6 Å². The van der Waals surface area contributed by atoms with Gasteiger partial charge in [0.15, 0.2) is 0 Å². The molecule has 0 fully saturated rings. The lowest BCUT2D eigenvalue weighted by atomic mass is 10.1. The van der Waals surface area contributed by atoms with E-state index >= 15 is 0 Å². The molecular weight excluding hydrogens is 390 g/mol. The molecule has 0 spiro atoms. The molecule has 0 saturated heterocycles. The summed E-state index contributed by atoms with van der Waals surface area (Å²) in [4.78, 5) is 4.38. The standard InChI is InChI=1S/C18H18ClN3O4S/c1-11-8-16(12(2)7-15(11)25-3)27(23,24)20-10-17-21-18(22-26-17)13-5-4-6-14(19)9-13/h4-9,20H,10H2,1-3H3. The number of rotatable bonds is 6. The van der Waals surface area contributed by atoms with Gasteiger partial charge in [-0.25, -0.2) is 13.1 Å². The van der Waals surface area contributed by atoms with E-state index in [2.05, 4.69) is 14.9 Å². The minimum atomic E-state index is -3.75. The van der Waals surface area contributed by atoms with Gasteiger partial charge in [0.2, 0.25) is 21.7 Å². The monoisotopic (exact) mass is 407 g/mol. The van der Waals surface area contributed by atoms with E-state index in [1.165, 1.54) is 0 Å². The molecule has 1 heterocycles. The van der Waals surface area contributed by atoms with Crippen LogP contribution >= 0.6 is 11.6 Å². The second-order valence-corrected chi connectivity index (χ2v) is 8.11. The Labute approximate surface area is 162 Å². The van der Waals surface area contributed by atoms with E-state index in [9.17, 15) is 8.42 Å². The van der Waals surface area contributed by atoms with Gasteiger partial charge >= 0.3 is 0 Å². The van der Waals surface area contributed by atoms with Crippen molar-refractivity contribution in [3.63, 3.8) is 0 Å². The van der Waals surface area contributed by atoms with Crippen molar-refractivity contribution in [2.24, 2.45) is 0 Å². The first-order valence-electron chi connectivity index (χ1n) is 8.03. The average molecular weight is 408 g/mol. The van der Waals surface area contributed by atoms with Crippen LogP contribution < -0.4 is 9.46 Å². The molecule has 0 aliphatic carbocycles. The predicted molar refractivity (Wildman–Crippen MR) is 101 cm³/mol. The van der Waals surface area contributed by atoms with Gasteiger partial charge in [0.1, 0.15) is 5.75 Å². The van der Waals surface area contributed by atoms with Crippen LogP contribution in [0.4, 0.5) is 0 Å². The zero-order chi connectivity index (χ0) is 19.6. The van der Waals surface area contributed by atoms with E-state index in [4.69, 9.17) is 20.9 Å². The molecule has 7 nitrogen and oxygen atoms in total. The van der Waals surface area contributed by atoms with Crippen molar-refractivity contribution < 1.29 is 17.7 Å². The molecule has 0 bridgehead atoms. The van der Waals surface area contributed by atoms with E-state index in [0.29, 0.717) is 27.7 Å². The lowest BCUT2D eigenvalue weighted by Crippen LogP contribution is -2.24. The van der Waals surface area contributed by atoms with Crippen LogP contribution in [0, 0.1) is 13.8 Å². The smallest absolute Gasteiger partial charge is 0.242 e. The molecule has 2 aromatic carbocycles. The molecule has 3 rings (SSSR count). The summed E-state index contributed by atoms with van der Waals surface area (Å²) in [6, 6.07) is 10.2. The van der Waals surface area contributed by atoms with Crippen LogP contribution in [0.5, 0.6) is 5.75 Å². The summed E-state index contributed by atoms with van der Waals surface area (Å²) in [6.45, 7) is 3.37. The third-order valence-electron chi connectivity index (χ3n) is 3.95. The Hall–Kier alpha value is -2.42. The Morgan fingerprint density at radius 2 is 1.96 bits per heavy atom. The van der Waals surface area contributed by atoms with Gasteiger partial charge in [-0.3, -0.25) is 0 Å². The number of aromatic nitrogens is 2. The van der Waals surface area contributed by atoms with E-state index < -0.39 is 10.0 Å². The van der Waals surface area contributed by atoms with Crippen LogP contribution in [0.3, 0.4) is 0 Å². The van der Waals surface area contributed by atoms with Gasteiger partial charge in [-0.1, -0.05) is 28.9 Å². The Balaban J connectivity index is 1.78. The highest BCUT2D eigenvalue weighted by molar-refractivity contribution is 7.89. The number of nitrogens with one attached hydrogen (secondary N) is 1. The van der Waals surface area contributed by atoms with Crippen LogP contribution in [-0.2, 0) is 16.6 Å². The van der Waals surface area contributed by atoms with Crippen molar-refractivity contribution in [2.75, 3.05) is 7.11 Å². The Morgan fingerprint density at radius 3 is 2.67 bits per heavy atom. The fourth-order valence-electron chi connectivity index (χ4n) is 2.58. The molecule has 0 amide bonds.